The van der Waals surface area contributed by atoms with Crippen molar-refractivity contribution in [2.45, 2.75) is 99.0 Å². The van der Waals surface area contributed by atoms with E-state index in [1.165, 1.54) is 6.92 Å². The summed E-state index contributed by atoms with van der Waals surface area (Å²) in [5.74, 6) is 0. The van der Waals surface area contributed by atoms with E-state index in [1.807, 2.05) is 0 Å². The molecule has 0 radical (unpaired) electrons. The third-order valence-corrected chi connectivity index (χ3v) is 6.03. The molecule has 0 unspecified atom stereocenters. The molecule has 0 amide bonds. The van der Waals surface area contributed by atoms with E-state index in [4.69, 9.17) is 23.7 Å². The maximum absolute atomic E-state index is 10.6. The molecule has 15 heteroatoms. The van der Waals surface area contributed by atoms with Crippen molar-refractivity contribution >= 4 is 0 Å². The van der Waals surface area contributed by atoms with Gasteiger partial charge in [0.2, 0.25) is 0 Å². The molecule has 0 aliphatic carbocycles. The Kier molecular flexibility index (Phi) is 8.99. The van der Waals surface area contributed by atoms with Crippen molar-refractivity contribution in [1.29, 1.82) is 0 Å². The second-order valence-corrected chi connectivity index (χ2v) is 8.36. The van der Waals surface area contributed by atoms with Gasteiger partial charge in [-0.3, -0.25) is 0 Å². The van der Waals surface area contributed by atoms with Crippen LogP contribution in [-0.4, -0.2) is 156 Å². The standard InChI is InChI=1S/C18H32O15/c1-4-7(20)10(23)13(26)18(30-4)33-15-9(22)6(31-16(28)14(15)27)3-29-17-12(25)11(24)8(21)5(2-19)32-17/h4-28H,2-3H2,1H3/t4-,5+,6+,7-,8+,9+,10+,11-,12+,13+,14+,15-,16-,17+,18-/m0/s1. The highest BCUT2D eigenvalue weighted by Crippen LogP contribution is 2.29. The summed E-state index contributed by atoms with van der Waals surface area (Å²) in [6.07, 6.45) is -23.5. The van der Waals surface area contributed by atoms with Gasteiger partial charge in [0.05, 0.1) is 19.3 Å². The molecule has 15 atom stereocenters. The minimum atomic E-state index is -1.88. The molecule has 0 aromatic carbocycles. The van der Waals surface area contributed by atoms with Gasteiger partial charge >= 0.3 is 0 Å². The molecule has 3 heterocycles. The van der Waals surface area contributed by atoms with Crippen LogP contribution in [0.15, 0.2) is 0 Å². The molecule has 0 aromatic heterocycles. The first-order valence-electron chi connectivity index (χ1n) is 10.4. The van der Waals surface area contributed by atoms with Crippen LogP contribution in [-0.2, 0) is 23.7 Å². The van der Waals surface area contributed by atoms with Crippen LogP contribution in [0, 0.1) is 0 Å². The number of aliphatic hydroxyl groups excluding tert-OH is 10. The van der Waals surface area contributed by atoms with Gasteiger partial charge in [-0.05, 0) is 6.92 Å². The summed E-state index contributed by atoms with van der Waals surface area (Å²) in [5, 5.41) is 99.5. The van der Waals surface area contributed by atoms with Gasteiger partial charge in [-0.2, -0.15) is 0 Å². The van der Waals surface area contributed by atoms with E-state index in [9.17, 15) is 51.1 Å². The van der Waals surface area contributed by atoms with Crippen LogP contribution in [0.5, 0.6) is 0 Å². The highest BCUT2D eigenvalue weighted by Gasteiger charge is 2.50. The Labute approximate surface area is 187 Å². The number of ether oxygens (including phenoxy) is 5. The molecule has 3 rings (SSSR count). The lowest BCUT2D eigenvalue weighted by atomic mass is 9.97. The largest absolute Gasteiger partial charge is 0.394 e. The molecule has 15 nitrogen and oxygen atoms in total. The van der Waals surface area contributed by atoms with Gasteiger partial charge in [-0.25, -0.2) is 0 Å². The van der Waals surface area contributed by atoms with E-state index in [1.54, 1.807) is 0 Å². The molecule has 0 spiro atoms. The maximum atomic E-state index is 10.6. The van der Waals surface area contributed by atoms with Crippen LogP contribution >= 0.6 is 0 Å². The van der Waals surface area contributed by atoms with E-state index in [0.29, 0.717) is 0 Å². The normalized spacial score (nSPS) is 53.7. The van der Waals surface area contributed by atoms with Crippen LogP contribution < -0.4 is 0 Å². The summed E-state index contributed by atoms with van der Waals surface area (Å²) >= 11 is 0. The van der Waals surface area contributed by atoms with Gasteiger partial charge in [0, 0.05) is 0 Å². The Morgan fingerprint density at radius 2 is 1.21 bits per heavy atom. The molecule has 10 N–H and O–H groups in total. The predicted molar refractivity (Wildman–Crippen MR) is 99.8 cm³/mol. The predicted octanol–water partition coefficient (Wildman–Crippen LogP) is -6.55. The molecule has 0 aromatic rings. The summed E-state index contributed by atoms with van der Waals surface area (Å²) in [7, 11) is 0. The average Bonchev–Trinajstić information content (AvgIpc) is 2.79. The minimum Gasteiger partial charge on any atom is -0.394 e. The second-order valence-electron chi connectivity index (χ2n) is 8.36. The highest BCUT2D eigenvalue weighted by molar-refractivity contribution is 4.94. The Bertz CT molecular complexity index is 624. The Hall–Kier alpha value is -0.600. The van der Waals surface area contributed by atoms with Crippen LogP contribution in [0.2, 0.25) is 0 Å². The Morgan fingerprint density at radius 1 is 0.606 bits per heavy atom. The number of aliphatic hydroxyl groups is 10. The molecule has 0 bridgehead atoms. The summed E-state index contributed by atoms with van der Waals surface area (Å²) < 4.78 is 26.3. The maximum Gasteiger partial charge on any atom is 0.187 e. The zero-order chi connectivity index (χ0) is 24.6. The number of hydrogen-bond donors (Lipinski definition) is 10. The smallest absolute Gasteiger partial charge is 0.187 e. The van der Waals surface area contributed by atoms with Crippen molar-refractivity contribution in [2.24, 2.45) is 0 Å². The van der Waals surface area contributed by atoms with Crippen molar-refractivity contribution in [3.63, 3.8) is 0 Å². The molecule has 3 saturated heterocycles. The molecule has 3 fully saturated rings. The Morgan fingerprint density at radius 3 is 1.85 bits per heavy atom. The van der Waals surface area contributed by atoms with E-state index >= 15 is 0 Å². The molecule has 3 aliphatic heterocycles. The van der Waals surface area contributed by atoms with Crippen LogP contribution in [0.1, 0.15) is 6.92 Å². The molecular weight excluding hydrogens is 456 g/mol. The molecule has 3 aliphatic rings. The minimum absolute atomic E-state index is 0.570. The van der Waals surface area contributed by atoms with Crippen molar-refractivity contribution in [3.8, 4) is 0 Å². The average molecular weight is 488 g/mol. The van der Waals surface area contributed by atoms with Crippen molar-refractivity contribution in [3.05, 3.63) is 0 Å². The lowest BCUT2D eigenvalue weighted by Crippen LogP contribution is -2.64. The fourth-order valence-corrected chi connectivity index (χ4v) is 3.89. The quantitative estimate of drug-likeness (QED) is 0.167. The summed E-state index contributed by atoms with van der Waals surface area (Å²) in [4.78, 5) is 0. The first-order chi connectivity index (χ1) is 15.5. The lowest BCUT2D eigenvalue weighted by molar-refractivity contribution is -0.359. The van der Waals surface area contributed by atoms with Gasteiger partial charge in [-0.1, -0.05) is 0 Å². The lowest BCUT2D eigenvalue weighted by Gasteiger charge is -2.45. The van der Waals surface area contributed by atoms with Gasteiger partial charge in [0.1, 0.15) is 67.1 Å². The van der Waals surface area contributed by atoms with Crippen LogP contribution in [0.3, 0.4) is 0 Å². The monoisotopic (exact) mass is 488 g/mol. The molecule has 33 heavy (non-hydrogen) atoms. The summed E-state index contributed by atoms with van der Waals surface area (Å²) in [6, 6.07) is 0. The van der Waals surface area contributed by atoms with E-state index in [-0.39, 0.29) is 0 Å². The number of rotatable bonds is 6. The zero-order valence-corrected chi connectivity index (χ0v) is 17.6. The third-order valence-electron chi connectivity index (χ3n) is 6.03. The van der Waals surface area contributed by atoms with Gasteiger partial charge in [0.25, 0.3) is 0 Å². The van der Waals surface area contributed by atoms with Gasteiger partial charge in [0.15, 0.2) is 18.9 Å². The van der Waals surface area contributed by atoms with Crippen LogP contribution in [0.25, 0.3) is 0 Å². The number of hydrogen-bond acceptors (Lipinski definition) is 15. The molecule has 0 saturated carbocycles. The third kappa shape index (κ3) is 5.48. The van der Waals surface area contributed by atoms with Crippen molar-refractivity contribution in [2.75, 3.05) is 13.2 Å². The highest BCUT2D eigenvalue weighted by atomic mass is 16.7. The molecule has 194 valence electrons. The summed E-state index contributed by atoms with van der Waals surface area (Å²) in [5.41, 5.74) is 0. The van der Waals surface area contributed by atoms with E-state index < -0.39 is 105 Å². The van der Waals surface area contributed by atoms with Crippen molar-refractivity contribution in [1.82, 2.24) is 0 Å². The Balaban J connectivity index is 1.64. The molecular formula is C18H32O15. The fraction of sp³-hybridized carbons (Fsp3) is 1.00. The second kappa shape index (κ2) is 11.0. The zero-order valence-electron chi connectivity index (χ0n) is 17.6. The van der Waals surface area contributed by atoms with E-state index in [0.717, 1.165) is 0 Å². The summed E-state index contributed by atoms with van der Waals surface area (Å²) in [6.45, 7) is 0.148. The van der Waals surface area contributed by atoms with Gasteiger partial charge in [-0.15, -0.1) is 0 Å². The fourth-order valence-electron chi connectivity index (χ4n) is 3.89. The first-order valence-corrected chi connectivity index (χ1v) is 10.4. The first kappa shape index (κ1) is 27.0. The van der Waals surface area contributed by atoms with Crippen LogP contribution in [0.4, 0.5) is 0 Å². The SMILES string of the molecule is C[C@@H]1O[C@@H](O[C@@H]2[C@@H](O)[C@@H](O)O[C@H](CO[C@@H]3O[C@H](CO)[C@@H](O)[C@H](O)[C@H]3O)[C@H]2O)[C@H](O)[C@H](O)[C@H]1O. The van der Waals surface area contributed by atoms with Crippen molar-refractivity contribution < 1.29 is 74.7 Å². The van der Waals surface area contributed by atoms with E-state index in [2.05, 4.69) is 0 Å². The van der Waals surface area contributed by atoms with Gasteiger partial charge < -0.3 is 74.7 Å². The topological polar surface area (TPSA) is 248 Å².